The third-order valence-corrected chi connectivity index (χ3v) is 4.38. The minimum Gasteiger partial charge on any atom is -0.480 e. The smallest absolute Gasteiger partial charge is 0.318 e. The Morgan fingerprint density at radius 2 is 2.06 bits per heavy atom. The Morgan fingerprint density at radius 1 is 1.41 bits per heavy atom. The van der Waals surface area contributed by atoms with Gasteiger partial charge in [0.1, 0.15) is 5.25 Å². The van der Waals surface area contributed by atoms with E-state index in [9.17, 15) is 4.79 Å². The van der Waals surface area contributed by atoms with E-state index in [1.807, 2.05) is 0 Å². The number of nitrogens with one attached hydrogen (secondary N) is 1. The number of hydrogen-bond acceptors (Lipinski definition) is 3. The lowest BCUT2D eigenvalue weighted by Gasteiger charge is -2.12. The predicted octanol–water partition coefficient (Wildman–Crippen LogP) is 2.60. The van der Waals surface area contributed by atoms with Crippen LogP contribution in [-0.4, -0.2) is 22.9 Å². The van der Waals surface area contributed by atoms with Crippen molar-refractivity contribution >= 4 is 17.7 Å². The lowest BCUT2D eigenvalue weighted by atomic mass is 10.0. The molecule has 0 amide bonds. The molecular formula is C13H17NO2S. The number of thioether (sulfide) groups is 1. The average Bonchev–Trinajstić information content (AvgIpc) is 2.78. The molecule has 0 spiro atoms. The van der Waals surface area contributed by atoms with E-state index in [4.69, 9.17) is 5.11 Å². The molecule has 0 aliphatic carbocycles. The molecule has 1 aromatic carbocycles. The van der Waals surface area contributed by atoms with Crippen LogP contribution in [0.1, 0.15) is 36.3 Å². The topological polar surface area (TPSA) is 49.3 Å². The highest BCUT2D eigenvalue weighted by atomic mass is 32.2. The Morgan fingerprint density at radius 3 is 2.53 bits per heavy atom. The minimum atomic E-state index is -0.733. The molecule has 2 N–H and O–H groups in total. The molecule has 92 valence electrons. The van der Waals surface area contributed by atoms with Crippen molar-refractivity contribution in [3.05, 3.63) is 35.4 Å². The fourth-order valence-electron chi connectivity index (χ4n) is 1.87. The first kappa shape index (κ1) is 12.5. The zero-order valence-electron chi connectivity index (χ0n) is 10.0. The van der Waals surface area contributed by atoms with E-state index in [-0.39, 0.29) is 10.6 Å². The van der Waals surface area contributed by atoms with Gasteiger partial charge in [0.2, 0.25) is 0 Å². The van der Waals surface area contributed by atoms with Gasteiger partial charge in [-0.2, -0.15) is 0 Å². The second kappa shape index (κ2) is 5.10. The van der Waals surface area contributed by atoms with Crippen molar-refractivity contribution < 1.29 is 9.90 Å². The Bertz CT molecular complexity index is 402. The van der Waals surface area contributed by atoms with E-state index in [0.717, 1.165) is 5.56 Å². The molecule has 1 saturated heterocycles. The molecule has 0 unspecified atom stereocenters. The van der Waals surface area contributed by atoms with Crippen LogP contribution in [0.3, 0.4) is 0 Å². The van der Waals surface area contributed by atoms with Crippen molar-refractivity contribution in [1.82, 2.24) is 5.32 Å². The van der Waals surface area contributed by atoms with Crippen LogP contribution in [0, 0.1) is 0 Å². The molecule has 4 heteroatoms. The maximum absolute atomic E-state index is 10.9. The van der Waals surface area contributed by atoms with E-state index in [2.05, 4.69) is 43.4 Å². The second-order valence-corrected chi connectivity index (χ2v) is 5.89. The zero-order chi connectivity index (χ0) is 12.4. The number of carboxylic acid groups (broad SMARTS) is 1. The van der Waals surface area contributed by atoms with Crippen molar-refractivity contribution in [2.75, 3.05) is 6.54 Å². The molecule has 0 radical (unpaired) electrons. The van der Waals surface area contributed by atoms with Crippen molar-refractivity contribution in [3.8, 4) is 0 Å². The fourth-order valence-corrected chi connectivity index (χ4v) is 3.02. The largest absolute Gasteiger partial charge is 0.480 e. The van der Waals surface area contributed by atoms with Gasteiger partial charge >= 0.3 is 5.97 Å². The van der Waals surface area contributed by atoms with Gasteiger partial charge in [-0.15, -0.1) is 11.8 Å². The van der Waals surface area contributed by atoms with E-state index < -0.39 is 5.97 Å². The molecule has 2 rings (SSSR count). The maximum Gasteiger partial charge on any atom is 0.318 e. The van der Waals surface area contributed by atoms with Crippen LogP contribution in [0.25, 0.3) is 0 Å². The highest BCUT2D eigenvalue weighted by Gasteiger charge is 2.30. The van der Waals surface area contributed by atoms with Crippen LogP contribution < -0.4 is 5.32 Å². The van der Waals surface area contributed by atoms with Gasteiger partial charge in [-0.05, 0) is 17.0 Å². The first-order valence-electron chi connectivity index (χ1n) is 5.79. The summed E-state index contributed by atoms with van der Waals surface area (Å²) in [7, 11) is 0. The van der Waals surface area contributed by atoms with Gasteiger partial charge in [0.05, 0.1) is 5.37 Å². The van der Waals surface area contributed by atoms with Crippen LogP contribution >= 0.6 is 11.8 Å². The van der Waals surface area contributed by atoms with E-state index in [1.165, 1.54) is 17.3 Å². The van der Waals surface area contributed by atoms with E-state index in [1.54, 1.807) is 0 Å². The molecule has 0 saturated carbocycles. The lowest BCUT2D eigenvalue weighted by molar-refractivity contribution is -0.136. The molecule has 1 fully saturated rings. The zero-order valence-corrected chi connectivity index (χ0v) is 10.8. The molecule has 1 aromatic rings. The van der Waals surface area contributed by atoms with E-state index >= 15 is 0 Å². The van der Waals surface area contributed by atoms with Gasteiger partial charge in [-0.1, -0.05) is 38.1 Å². The summed E-state index contributed by atoms with van der Waals surface area (Å²) in [6, 6.07) is 8.42. The molecule has 1 heterocycles. The molecule has 0 aromatic heterocycles. The lowest BCUT2D eigenvalue weighted by Crippen LogP contribution is -2.21. The summed E-state index contributed by atoms with van der Waals surface area (Å²) in [5.41, 5.74) is 2.47. The molecular weight excluding hydrogens is 234 g/mol. The Balaban J connectivity index is 2.06. The molecule has 1 aliphatic heterocycles. The van der Waals surface area contributed by atoms with Gasteiger partial charge in [-0.3, -0.25) is 10.1 Å². The SMILES string of the molecule is CC(C)c1ccc([C@H]2NC[C@H](C(=O)O)S2)cc1. The fraction of sp³-hybridized carbons (Fsp3) is 0.462. The Hall–Kier alpha value is -1.00. The number of benzene rings is 1. The van der Waals surface area contributed by atoms with Crippen LogP contribution in [0.15, 0.2) is 24.3 Å². The van der Waals surface area contributed by atoms with E-state index in [0.29, 0.717) is 12.5 Å². The Kier molecular flexibility index (Phi) is 3.74. The Labute approximate surface area is 106 Å². The summed E-state index contributed by atoms with van der Waals surface area (Å²) in [6.45, 7) is 4.87. The van der Waals surface area contributed by atoms with Gasteiger partial charge in [-0.25, -0.2) is 0 Å². The standard InChI is InChI=1S/C13H17NO2S/c1-8(2)9-3-5-10(6-4-9)12-14-7-11(17-12)13(15)16/h3-6,8,11-12,14H,7H2,1-2H3,(H,15,16)/t11-,12+/m1/s1. The summed E-state index contributed by atoms with van der Waals surface area (Å²) in [6.07, 6.45) is 0. The van der Waals surface area contributed by atoms with Gasteiger partial charge in [0.25, 0.3) is 0 Å². The normalized spacial score (nSPS) is 24.2. The molecule has 1 aliphatic rings. The summed E-state index contributed by atoms with van der Waals surface area (Å²) >= 11 is 1.48. The number of carbonyl (C=O) groups is 1. The maximum atomic E-state index is 10.9. The predicted molar refractivity (Wildman–Crippen MR) is 70.3 cm³/mol. The summed E-state index contributed by atoms with van der Waals surface area (Å²) in [5.74, 6) is -0.205. The van der Waals surface area contributed by atoms with Crippen molar-refractivity contribution in [2.45, 2.75) is 30.4 Å². The third kappa shape index (κ3) is 2.82. The molecule has 0 bridgehead atoms. The highest BCUT2D eigenvalue weighted by Crippen LogP contribution is 2.35. The number of hydrogen-bond donors (Lipinski definition) is 2. The first-order valence-corrected chi connectivity index (χ1v) is 6.73. The monoisotopic (exact) mass is 251 g/mol. The minimum absolute atomic E-state index is 0.109. The van der Waals surface area contributed by atoms with Crippen molar-refractivity contribution in [1.29, 1.82) is 0 Å². The summed E-state index contributed by atoms with van der Waals surface area (Å²) < 4.78 is 0. The molecule has 2 atom stereocenters. The highest BCUT2D eigenvalue weighted by molar-refractivity contribution is 8.01. The number of rotatable bonds is 3. The summed E-state index contributed by atoms with van der Waals surface area (Å²) in [5, 5.41) is 11.9. The van der Waals surface area contributed by atoms with Gasteiger partial charge in [0, 0.05) is 6.54 Å². The van der Waals surface area contributed by atoms with Crippen molar-refractivity contribution in [3.63, 3.8) is 0 Å². The summed E-state index contributed by atoms with van der Waals surface area (Å²) in [4.78, 5) is 10.9. The van der Waals surface area contributed by atoms with Crippen LogP contribution in [0.5, 0.6) is 0 Å². The van der Waals surface area contributed by atoms with Crippen LogP contribution in [0.2, 0.25) is 0 Å². The van der Waals surface area contributed by atoms with Crippen molar-refractivity contribution in [2.24, 2.45) is 0 Å². The number of carboxylic acids is 1. The first-order chi connectivity index (χ1) is 8.08. The van der Waals surface area contributed by atoms with Gasteiger partial charge in [0.15, 0.2) is 0 Å². The average molecular weight is 251 g/mol. The van der Waals surface area contributed by atoms with Gasteiger partial charge < -0.3 is 5.11 Å². The van der Waals surface area contributed by atoms with Crippen LogP contribution in [-0.2, 0) is 4.79 Å². The molecule has 17 heavy (non-hydrogen) atoms. The number of aliphatic carboxylic acids is 1. The molecule has 3 nitrogen and oxygen atoms in total. The van der Waals surface area contributed by atoms with Crippen LogP contribution in [0.4, 0.5) is 0 Å². The second-order valence-electron chi connectivity index (χ2n) is 4.57. The third-order valence-electron chi connectivity index (χ3n) is 2.97. The quantitative estimate of drug-likeness (QED) is 0.867.